The summed E-state index contributed by atoms with van der Waals surface area (Å²) in [6, 6.07) is 0.624. The average Bonchev–Trinajstić information content (AvgIpc) is 2.47. The van der Waals surface area contributed by atoms with Crippen molar-refractivity contribution in [2.75, 3.05) is 23.3 Å². The molecule has 0 spiro atoms. The number of nitrogens with one attached hydrogen (secondary N) is 1. The van der Waals surface area contributed by atoms with Crippen LogP contribution in [0.15, 0.2) is 10.8 Å². The Kier molecular flexibility index (Phi) is 6.07. The zero-order valence-corrected chi connectivity index (χ0v) is 14.1. The maximum Gasteiger partial charge on any atom is 0.148 e. The highest BCUT2D eigenvalue weighted by molar-refractivity contribution is 9.10. The van der Waals surface area contributed by atoms with E-state index in [4.69, 9.17) is 0 Å². The molecule has 1 fully saturated rings. The van der Waals surface area contributed by atoms with Crippen LogP contribution in [-0.2, 0) is 0 Å². The first-order valence-corrected chi connectivity index (χ1v) is 8.58. The lowest BCUT2D eigenvalue weighted by molar-refractivity contribution is 0.431. The minimum atomic E-state index is 0.624. The van der Waals surface area contributed by atoms with Crippen molar-refractivity contribution in [3.05, 3.63) is 10.8 Å². The van der Waals surface area contributed by atoms with E-state index in [-0.39, 0.29) is 0 Å². The number of piperidine rings is 1. The summed E-state index contributed by atoms with van der Waals surface area (Å²) >= 11 is 3.70. The van der Waals surface area contributed by atoms with E-state index in [2.05, 4.69) is 50.0 Å². The van der Waals surface area contributed by atoms with E-state index in [1.165, 1.54) is 32.1 Å². The van der Waals surface area contributed by atoms with Gasteiger partial charge in [-0.25, -0.2) is 9.97 Å². The van der Waals surface area contributed by atoms with Gasteiger partial charge in [-0.2, -0.15) is 0 Å². The van der Waals surface area contributed by atoms with E-state index in [1.807, 2.05) is 0 Å². The molecular weight excluding hydrogens is 316 g/mol. The molecule has 1 N–H and O–H groups in total. The quantitative estimate of drug-likeness (QED) is 0.841. The van der Waals surface area contributed by atoms with Gasteiger partial charge in [0.05, 0.1) is 0 Å². The van der Waals surface area contributed by atoms with Crippen LogP contribution in [-0.4, -0.2) is 29.1 Å². The summed E-state index contributed by atoms with van der Waals surface area (Å²) in [4.78, 5) is 11.3. The molecule has 1 aromatic rings. The minimum absolute atomic E-state index is 0.624. The summed E-state index contributed by atoms with van der Waals surface area (Å²) in [5.74, 6) is 1.97. The highest BCUT2D eigenvalue weighted by Crippen LogP contribution is 2.34. The zero-order valence-electron chi connectivity index (χ0n) is 12.5. The van der Waals surface area contributed by atoms with Gasteiger partial charge in [-0.15, -0.1) is 0 Å². The largest absolute Gasteiger partial charge is 0.369 e. The molecule has 1 aromatic heterocycles. The van der Waals surface area contributed by atoms with E-state index >= 15 is 0 Å². The van der Waals surface area contributed by atoms with Gasteiger partial charge < -0.3 is 10.2 Å². The van der Waals surface area contributed by atoms with Crippen LogP contribution < -0.4 is 10.2 Å². The third-order valence-electron chi connectivity index (χ3n) is 3.83. The second-order valence-corrected chi connectivity index (χ2v) is 6.21. The van der Waals surface area contributed by atoms with Crippen LogP contribution in [0.2, 0.25) is 0 Å². The summed E-state index contributed by atoms with van der Waals surface area (Å²) in [6.45, 7) is 6.46. The van der Waals surface area contributed by atoms with E-state index in [9.17, 15) is 0 Å². The fourth-order valence-electron chi connectivity index (χ4n) is 2.84. The average molecular weight is 341 g/mol. The van der Waals surface area contributed by atoms with Gasteiger partial charge in [-0.05, 0) is 48.0 Å². The Labute approximate surface area is 130 Å². The molecule has 0 aromatic carbocycles. The SMILES string of the molecule is CCCNc1ncnc(N2CCCCC2CCC)c1Br. The number of nitrogens with zero attached hydrogens (tertiary/aromatic N) is 3. The maximum absolute atomic E-state index is 4.53. The molecule has 112 valence electrons. The number of hydrogen-bond acceptors (Lipinski definition) is 4. The predicted molar refractivity (Wildman–Crippen MR) is 88.4 cm³/mol. The molecule has 2 heterocycles. The lowest BCUT2D eigenvalue weighted by Crippen LogP contribution is -2.40. The number of anilines is 2. The van der Waals surface area contributed by atoms with Gasteiger partial charge >= 0.3 is 0 Å². The Morgan fingerprint density at radius 2 is 2.15 bits per heavy atom. The third kappa shape index (κ3) is 3.62. The van der Waals surface area contributed by atoms with Gasteiger partial charge in [0, 0.05) is 19.1 Å². The topological polar surface area (TPSA) is 41.1 Å². The molecule has 1 aliphatic rings. The van der Waals surface area contributed by atoms with Crippen LogP contribution in [0.3, 0.4) is 0 Å². The van der Waals surface area contributed by atoms with Crippen LogP contribution in [0.5, 0.6) is 0 Å². The Hall–Kier alpha value is -0.840. The van der Waals surface area contributed by atoms with Crippen molar-refractivity contribution in [1.82, 2.24) is 9.97 Å². The fraction of sp³-hybridized carbons (Fsp3) is 0.733. The van der Waals surface area contributed by atoms with Crippen molar-refractivity contribution in [3.63, 3.8) is 0 Å². The first kappa shape index (κ1) is 15.5. The Balaban J connectivity index is 2.21. The van der Waals surface area contributed by atoms with Crippen LogP contribution in [0.1, 0.15) is 52.4 Å². The van der Waals surface area contributed by atoms with E-state index in [0.717, 1.165) is 35.6 Å². The Morgan fingerprint density at radius 1 is 1.30 bits per heavy atom. The molecule has 1 saturated heterocycles. The summed E-state index contributed by atoms with van der Waals surface area (Å²) in [6.07, 6.45) is 9.11. The molecule has 1 atom stereocenters. The van der Waals surface area contributed by atoms with Crippen molar-refractivity contribution in [2.24, 2.45) is 0 Å². The molecule has 20 heavy (non-hydrogen) atoms. The normalized spacial score (nSPS) is 19.1. The van der Waals surface area contributed by atoms with Crippen molar-refractivity contribution >= 4 is 27.6 Å². The predicted octanol–water partition coefficient (Wildman–Crippen LogP) is 4.22. The first-order chi connectivity index (χ1) is 9.77. The molecule has 1 aliphatic heterocycles. The molecule has 2 rings (SSSR count). The van der Waals surface area contributed by atoms with Gasteiger partial charge in [0.1, 0.15) is 22.4 Å². The van der Waals surface area contributed by atoms with Crippen LogP contribution in [0.4, 0.5) is 11.6 Å². The highest BCUT2D eigenvalue weighted by atomic mass is 79.9. The molecule has 0 saturated carbocycles. The molecular formula is C15H25BrN4. The van der Waals surface area contributed by atoms with Crippen LogP contribution in [0.25, 0.3) is 0 Å². The number of halogens is 1. The summed E-state index contributed by atoms with van der Waals surface area (Å²) in [5.41, 5.74) is 0. The maximum atomic E-state index is 4.53. The second-order valence-electron chi connectivity index (χ2n) is 5.42. The van der Waals surface area contributed by atoms with Crippen molar-refractivity contribution in [2.45, 2.75) is 58.4 Å². The van der Waals surface area contributed by atoms with Crippen molar-refractivity contribution in [3.8, 4) is 0 Å². The number of hydrogen-bond donors (Lipinski definition) is 1. The Morgan fingerprint density at radius 3 is 2.90 bits per heavy atom. The molecule has 1 unspecified atom stereocenters. The van der Waals surface area contributed by atoms with E-state index in [1.54, 1.807) is 6.33 Å². The van der Waals surface area contributed by atoms with Crippen LogP contribution >= 0.6 is 15.9 Å². The molecule has 0 amide bonds. The summed E-state index contributed by atoms with van der Waals surface area (Å²) < 4.78 is 1.01. The summed E-state index contributed by atoms with van der Waals surface area (Å²) in [5, 5.41) is 3.36. The van der Waals surface area contributed by atoms with Crippen molar-refractivity contribution < 1.29 is 0 Å². The number of aromatic nitrogens is 2. The van der Waals surface area contributed by atoms with E-state index in [0.29, 0.717) is 6.04 Å². The lowest BCUT2D eigenvalue weighted by atomic mass is 9.98. The molecule has 0 bridgehead atoms. The second kappa shape index (κ2) is 7.81. The van der Waals surface area contributed by atoms with Gasteiger partial charge in [0.25, 0.3) is 0 Å². The standard InChI is InChI=1S/C15H25BrN4/c1-3-7-12-8-5-6-10-20(12)15-13(16)14(17-9-4-2)18-11-19-15/h11-12H,3-10H2,1-2H3,(H,17,18,19). The number of rotatable bonds is 6. The highest BCUT2D eigenvalue weighted by Gasteiger charge is 2.25. The van der Waals surface area contributed by atoms with Gasteiger partial charge in [-0.1, -0.05) is 20.3 Å². The monoisotopic (exact) mass is 340 g/mol. The smallest absolute Gasteiger partial charge is 0.148 e. The summed E-state index contributed by atoms with van der Waals surface area (Å²) in [7, 11) is 0. The Bertz CT molecular complexity index is 422. The van der Waals surface area contributed by atoms with Crippen molar-refractivity contribution in [1.29, 1.82) is 0 Å². The fourth-order valence-corrected chi connectivity index (χ4v) is 3.41. The van der Waals surface area contributed by atoms with Gasteiger partial charge in [-0.3, -0.25) is 0 Å². The third-order valence-corrected chi connectivity index (χ3v) is 4.56. The van der Waals surface area contributed by atoms with Gasteiger partial charge in [0.15, 0.2) is 0 Å². The molecule has 0 radical (unpaired) electrons. The minimum Gasteiger partial charge on any atom is -0.369 e. The van der Waals surface area contributed by atoms with Crippen LogP contribution in [0, 0.1) is 0 Å². The zero-order chi connectivity index (χ0) is 14.4. The molecule has 0 aliphatic carbocycles. The molecule has 5 heteroatoms. The van der Waals surface area contributed by atoms with E-state index < -0.39 is 0 Å². The van der Waals surface area contributed by atoms with Gasteiger partial charge in [0.2, 0.25) is 0 Å². The molecule has 4 nitrogen and oxygen atoms in total. The lowest BCUT2D eigenvalue weighted by Gasteiger charge is -2.37. The first-order valence-electron chi connectivity index (χ1n) is 7.78.